The van der Waals surface area contributed by atoms with Gasteiger partial charge in [0, 0.05) is 41.9 Å². The van der Waals surface area contributed by atoms with Crippen molar-refractivity contribution in [2.75, 3.05) is 18.0 Å². The van der Waals surface area contributed by atoms with Gasteiger partial charge in [0.2, 0.25) is 0 Å². The van der Waals surface area contributed by atoms with Crippen LogP contribution in [-0.4, -0.2) is 24.1 Å². The molecule has 1 N–H and O–H groups in total. The van der Waals surface area contributed by atoms with Crippen LogP contribution in [0.3, 0.4) is 0 Å². The SMILES string of the molecule is CCCN(CC)c1ncc(Br)cc1CNC(C)C. The van der Waals surface area contributed by atoms with Gasteiger partial charge in [-0.3, -0.25) is 0 Å². The van der Waals surface area contributed by atoms with Crippen LogP contribution in [0, 0.1) is 0 Å². The number of pyridine rings is 1. The summed E-state index contributed by atoms with van der Waals surface area (Å²) in [6.07, 6.45) is 3.02. The van der Waals surface area contributed by atoms with Gasteiger partial charge in [-0.2, -0.15) is 0 Å². The Bertz CT molecular complexity index is 366. The topological polar surface area (TPSA) is 28.2 Å². The Morgan fingerprint density at radius 1 is 1.39 bits per heavy atom. The van der Waals surface area contributed by atoms with E-state index in [0.29, 0.717) is 6.04 Å². The maximum atomic E-state index is 4.59. The summed E-state index contributed by atoms with van der Waals surface area (Å²) in [6.45, 7) is 11.6. The van der Waals surface area contributed by atoms with Gasteiger partial charge in [-0.1, -0.05) is 20.8 Å². The van der Waals surface area contributed by atoms with E-state index in [0.717, 1.165) is 36.3 Å². The molecule has 0 bridgehead atoms. The van der Waals surface area contributed by atoms with E-state index >= 15 is 0 Å². The van der Waals surface area contributed by atoms with Crippen LogP contribution in [0.4, 0.5) is 5.82 Å². The number of hydrogen-bond acceptors (Lipinski definition) is 3. The first-order chi connectivity index (χ1) is 8.58. The number of aromatic nitrogens is 1. The van der Waals surface area contributed by atoms with Gasteiger partial charge in [0.1, 0.15) is 5.82 Å². The van der Waals surface area contributed by atoms with Gasteiger partial charge in [0.05, 0.1) is 0 Å². The van der Waals surface area contributed by atoms with E-state index < -0.39 is 0 Å². The highest BCUT2D eigenvalue weighted by molar-refractivity contribution is 9.10. The maximum absolute atomic E-state index is 4.59. The van der Waals surface area contributed by atoms with E-state index in [-0.39, 0.29) is 0 Å². The first-order valence-corrected chi connectivity index (χ1v) is 7.50. The van der Waals surface area contributed by atoms with Gasteiger partial charge in [-0.15, -0.1) is 0 Å². The molecule has 4 heteroatoms. The Hall–Kier alpha value is -0.610. The summed E-state index contributed by atoms with van der Waals surface area (Å²) >= 11 is 3.50. The second kappa shape index (κ2) is 7.74. The van der Waals surface area contributed by atoms with Crippen LogP contribution in [0.5, 0.6) is 0 Å². The number of anilines is 1. The van der Waals surface area contributed by atoms with Gasteiger partial charge in [-0.25, -0.2) is 4.98 Å². The molecule has 0 atom stereocenters. The van der Waals surface area contributed by atoms with Crippen molar-refractivity contribution in [3.63, 3.8) is 0 Å². The average Bonchev–Trinajstić information content (AvgIpc) is 2.34. The molecular formula is C14H24BrN3. The van der Waals surface area contributed by atoms with Crippen LogP contribution in [0.25, 0.3) is 0 Å². The molecule has 1 heterocycles. The van der Waals surface area contributed by atoms with E-state index in [1.54, 1.807) is 0 Å². The lowest BCUT2D eigenvalue weighted by Crippen LogP contribution is -2.28. The Morgan fingerprint density at radius 3 is 2.67 bits per heavy atom. The Kier molecular flexibility index (Phi) is 6.65. The summed E-state index contributed by atoms with van der Waals surface area (Å²) in [5.74, 6) is 1.11. The van der Waals surface area contributed by atoms with Crippen molar-refractivity contribution in [3.05, 3.63) is 22.3 Å². The number of nitrogens with one attached hydrogen (secondary N) is 1. The fourth-order valence-corrected chi connectivity index (χ4v) is 2.27. The molecule has 0 aromatic carbocycles. The predicted octanol–water partition coefficient (Wildman–Crippen LogP) is 3.58. The minimum absolute atomic E-state index is 0.484. The lowest BCUT2D eigenvalue weighted by atomic mass is 10.2. The lowest BCUT2D eigenvalue weighted by molar-refractivity contribution is 0.586. The zero-order chi connectivity index (χ0) is 13.5. The molecule has 0 radical (unpaired) electrons. The zero-order valence-corrected chi connectivity index (χ0v) is 13.4. The molecule has 0 fully saturated rings. The van der Waals surface area contributed by atoms with E-state index in [1.807, 2.05) is 6.20 Å². The van der Waals surface area contributed by atoms with Crippen molar-refractivity contribution in [1.29, 1.82) is 0 Å². The summed E-state index contributed by atoms with van der Waals surface area (Å²) in [5, 5.41) is 3.46. The minimum atomic E-state index is 0.484. The van der Waals surface area contributed by atoms with Crippen molar-refractivity contribution in [1.82, 2.24) is 10.3 Å². The number of nitrogens with zero attached hydrogens (tertiary/aromatic N) is 2. The lowest BCUT2D eigenvalue weighted by Gasteiger charge is -2.24. The standard InChI is InChI=1S/C14H24BrN3/c1-5-7-18(6-2)14-12(9-16-11(3)4)8-13(15)10-17-14/h8,10-11,16H,5-7,9H2,1-4H3. The molecule has 102 valence electrons. The Balaban J connectivity index is 2.93. The molecule has 0 aliphatic rings. The van der Waals surface area contributed by atoms with Gasteiger partial charge in [0.15, 0.2) is 0 Å². The van der Waals surface area contributed by atoms with Crippen molar-refractivity contribution < 1.29 is 0 Å². The Labute approximate surface area is 119 Å². The molecule has 1 aromatic heterocycles. The fourth-order valence-electron chi connectivity index (χ4n) is 1.89. The number of rotatable bonds is 7. The molecule has 1 rings (SSSR count). The first-order valence-electron chi connectivity index (χ1n) is 6.71. The van der Waals surface area contributed by atoms with E-state index in [4.69, 9.17) is 0 Å². The molecule has 18 heavy (non-hydrogen) atoms. The molecule has 0 saturated heterocycles. The second-order valence-electron chi connectivity index (χ2n) is 4.75. The van der Waals surface area contributed by atoms with Crippen LogP contribution in [0.2, 0.25) is 0 Å². The highest BCUT2D eigenvalue weighted by Crippen LogP contribution is 2.22. The predicted molar refractivity (Wildman–Crippen MR) is 82.1 cm³/mol. The first kappa shape index (κ1) is 15.4. The van der Waals surface area contributed by atoms with Crippen molar-refractivity contribution in [2.45, 2.75) is 46.7 Å². The van der Waals surface area contributed by atoms with Crippen molar-refractivity contribution >= 4 is 21.7 Å². The average molecular weight is 314 g/mol. The third-order valence-corrected chi connectivity index (χ3v) is 3.22. The van der Waals surface area contributed by atoms with Crippen LogP contribution in [0.15, 0.2) is 16.7 Å². The summed E-state index contributed by atoms with van der Waals surface area (Å²) < 4.78 is 1.04. The third-order valence-electron chi connectivity index (χ3n) is 2.79. The van der Waals surface area contributed by atoms with Crippen LogP contribution in [0.1, 0.15) is 39.7 Å². The summed E-state index contributed by atoms with van der Waals surface area (Å²) in [5.41, 5.74) is 1.26. The summed E-state index contributed by atoms with van der Waals surface area (Å²) in [4.78, 5) is 6.92. The molecule has 0 aliphatic heterocycles. The number of halogens is 1. The maximum Gasteiger partial charge on any atom is 0.133 e. The van der Waals surface area contributed by atoms with Crippen molar-refractivity contribution in [3.8, 4) is 0 Å². The van der Waals surface area contributed by atoms with Crippen molar-refractivity contribution in [2.24, 2.45) is 0 Å². The molecule has 0 spiro atoms. The third kappa shape index (κ3) is 4.58. The van der Waals surface area contributed by atoms with Crippen LogP contribution < -0.4 is 10.2 Å². The van der Waals surface area contributed by atoms with Crippen LogP contribution in [-0.2, 0) is 6.54 Å². The molecule has 0 amide bonds. The van der Waals surface area contributed by atoms with E-state index in [1.165, 1.54) is 5.56 Å². The van der Waals surface area contributed by atoms with E-state index in [9.17, 15) is 0 Å². The molecule has 0 aliphatic carbocycles. The number of hydrogen-bond donors (Lipinski definition) is 1. The van der Waals surface area contributed by atoms with Gasteiger partial charge < -0.3 is 10.2 Å². The van der Waals surface area contributed by atoms with E-state index in [2.05, 4.69) is 64.9 Å². The molecular weight excluding hydrogens is 290 g/mol. The minimum Gasteiger partial charge on any atom is -0.357 e. The quantitative estimate of drug-likeness (QED) is 0.834. The highest BCUT2D eigenvalue weighted by atomic mass is 79.9. The molecule has 1 aromatic rings. The molecule has 0 saturated carbocycles. The summed E-state index contributed by atoms with van der Waals surface area (Å²) in [7, 11) is 0. The second-order valence-corrected chi connectivity index (χ2v) is 5.67. The highest BCUT2D eigenvalue weighted by Gasteiger charge is 2.11. The van der Waals surface area contributed by atoms with Gasteiger partial charge in [0.25, 0.3) is 0 Å². The van der Waals surface area contributed by atoms with Gasteiger partial charge >= 0.3 is 0 Å². The fraction of sp³-hybridized carbons (Fsp3) is 0.643. The molecule has 0 unspecified atom stereocenters. The Morgan fingerprint density at radius 2 is 2.11 bits per heavy atom. The smallest absolute Gasteiger partial charge is 0.133 e. The molecule has 3 nitrogen and oxygen atoms in total. The summed E-state index contributed by atoms with van der Waals surface area (Å²) in [6, 6.07) is 2.65. The van der Waals surface area contributed by atoms with Gasteiger partial charge in [-0.05, 0) is 35.3 Å². The normalized spacial score (nSPS) is 11.0. The largest absolute Gasteiger partial charge is 0.357 e. The zero-order valence-electron chi connectivity index (χ0n) is 11.8. The van der Waals surface area contributed by atoms with Crippen LogP contribution >= 0.6 is 15.9 Å². The monoisotopic (exact) mass is 313 g/mol.